The summed E-state index contributed by atoms with van der Waals surface area (Å²) in [7, 11) is 0. The molecule has 9 nitrogen and oxygen atoms in total. The van der Waals surface area contributed by atoms with Crippen LogP contribution in [0.15, 0.2) is 0 Å². The SMILES string of the molecule is O=C(O)CNC(=O)NCCCN1CCCC(CO)C1.O=CO. The molecule has 1 aliphatic rings. The van der Waals surface area contributed by atoms with Crippen molar-refractivity contribution < 1.29 is 29.7 Å². The van der Waals surface area contributed by atoms with E-state index in [9.17, 15) is 9.59 Å². The smallest absolute Gasteiger partial charge is 0.323 e. The lowest BCUT2D eigenvalue weighted by molar-refractivity contribution is -0.135. The normalized spacial score (nSPS) is 17.8. The number of amides is 2. The maximum absolute atomic E-state index is 11.2. The molecule has 5 N–H and O–H groups in total. The van der Waals surface area contributed by atoms with E-state index in [2.05, 4.69) is 15.5 Å². The van der Waals surface area contributed by atoms with Gasteiger partial charge in [0.15, 0.2) is 0 Å². The van der Waals surface area contributed by atoms with Crippen LogP contribution in [0.1, 0.15) is 19.3 Å². The Hall–Kier alpha value is -1.87. The van der Waals surface area contributed by atoms with Gasteiger partial charge in [0.2, 0.25) is 0 Å². The Bertz CT molecular complexity index is 340. The Morgan fingerprint density at radius 2 is 2.00 bits per heavy atom. The lowest BCUT2D eigenvalue weighted by Crippen LogP contribution is -2.41. The van der Waals surface area contributed by atoms with Crippen LogP contribution < -0.4 is 10.6 Å². The number of hydrogen-bond donors (Lipinski definition) is 5. The van der Waals surface area contributed by atoms with Crippen LogP contribution in [0.3, 0.4) is 0 Å². The van der Waals surface area contributed by atoms with Crippen LogP contribution in [0, 0.1) is 5.92 Å². The number of aliphatic hydroxyl groups is 1. The molecule has 1 heterocycles. The van der Waals surface area contributed by atoms with Gasteiger partial charge in [-0.1, -0.05) is 0 Å². The summed E-state index contributed by atoms with van der Waals surface area (Å²) in [4.78, 5) is 32.0. The van der Waals surface area contributed by atoms with Crippen molar-refractivity contribution in [1.29, 1.82) is 0 Å². The number of carbonyl (C=O) groups excluding carboxylic acids is 1. The summed E-state index contributed by atoms with van der Waals surface area (Å²) in [6, 6.07) is -0.450. The van der Waals surface area contributed by atoms with Crippen molar-refractivity contribution in [2.75, 3.05) is 39.3 Å². The van der Waals surface area contributed by atoms with Gasteiger partial charge in [-0.3, -0.25) is 9.59 Å². The average Bonchev–Trinajstić information content (AvgIpc) is 2.50. The summed E-state index contributed by atoms with van der Waals surface area (Å²) < 4.78 is 0. The average molecular weight is 319 g/mol. The lowest BCUT2D eigenvalue weighted by atomic mass is 9.99. The Labute approximate surface area is 129 Å². The number of hydrogen-bond acceptors (Lipinski definition) is 5. The predicted molar refractivity (Wildman–Crippen MR) is 78.6 cm³/mol. The van der Waals surface area contributed by atoms with Gasteiger partial charge in [-0.25, -0.2) is 4.79 Å². The minimum Gasteiger partial charge on any atom is -0.483 e. The van der Waals surface area contributed by atoms with Crippen molar-refractivity contribution in [2.24, 2.45) is 5.92 Å². The third-order valence-electron chi connectivity index (χ3n) is 3.20. The molecule has 0 aromatic rings. The number of aliphatic carboxylic acids is 1. The first-order valence-corrected chi connectivity index (χ1v) is 7.18. The second-order valence-corrected chi connectivity index (χ2v) is 4.95. The molecular weight excluding hydrogens is 294 g/mol. The minimum absolute atomic E-state index is 0.242. The van der Waals surface area contributed by atoms with E-state index in [1.807, 2.05) is 0 Å². The molecule has 1 atom stereocenters. The van der Waals surface area contributed by atoms with Crippen molar-refractivity contribution >= 4 is 18.5 Å². The van der Waals surface area contributed by atoms with Crippen LogP contribution in [-0.4, -0.2) is 78.0 Å². The van der Waals surface area contributed by atoms with Gasteiger partial charge in [0.05, 0.1) is 0 Å². The number of likely N-dealkylation sites (tertiary alicyclic amines) is 1. The number of carboxylic acids is 1. The highest BCUT2D eigenvalue weighted by Crippen LogP contribution is 2.15. The topological polar surface area (TPSA) is 139 Å². The predicted octanol–water partition coefficient (Wildman–Crippen LogP) is -0.835. The van der Waals surface area contributed by atoms with E-state index in [0.717, 1.165) is 38.9 Å². The standard InChI is InChI=1S/C12H23N3O4.CH2O2/c16-9-10-3-1-5-15(8-10)6-2-4-13-12(19)14-7-11(17)18;2-1-3/h10,16H,1-9H2,(H,17,18)(H2,13,14,19);1H,(H,2,3). The molecular formula is C13H25N3O6. The van der Waals surface area contributed by atoms with Crippen LogP contribution in [0.4, 0.5) is 4.79 Å². The number of carboxylic acid groups (broad SMARTS) is 2. The van der Waals surface area contributed by atoms with E-state index in [-0.39, 0.29) is 19.6 Å². The maximum atomic E-state index is 11.2. The summed E-state index contributed by atoms with van der Waals surface area (Å²) in [6.45, 7) is 2.99. The quantitative estimate of drug-likeness (QED) is 0.305. The van der Waals surface area contributed by atoms with Crippen LogP contribution in [-0.2, 0) is 9.59 Å². The molecule has 1 rings (SSSR count). The zero-order valence-corrected chi connectivity index (χ0v) is 12.5. The van der Waals surface area contributed by atoms with Gasteiger partial charge in [-0.05, 0) is 38.3 Å². The molecule has 0 aromatic carbocycles. The summed E-state index contributed by atoms with van der Waals surface area (Å²) in [5, 5.41) is 29.2. The third kappa shape index (κ3) is 10.9. The molecule has 0 spiro atoms. The molecule has 0 radical (unpaired) electrons. The first-order chi connectivity index (χ1) is 10.5. The number of urea groups is 1. The van der Waals surface area contributed by atoms with Crippen molar-refractivity contribution in [3.8, 4) is 0 Å². The number of aliphatic hydroxyl groups excluding tert-OH is 1. The van der Waals surface area contributed by atoms with Gasteiger partial charge < -0.3 is 30.9 Å². The Kier molecular flexibility index (Phi) is 11.7. The van der Waals surface area contributed by atoms with Gasteiger partial charge >= 0.3 is 12.0 Å². The van der Waals surface area contributed by atoms with E-state index in [1.54, 1.807) is 0 Å². The molecule has 1 saturated heterocycles. The molecule has 128 valence electrons. The first-order valence-electron chi connectivity index (χ1n) is 7.18. The molecule has 1 aliphatic heterocycles. The molecule has 0 bridgehead atoms. The molecule has 1 fully saturated rings. The first kappa shape index (κ1) is 20.1. The molecule has 22 heavy (non-hydrogen) atoms. The van der Waals surface area contributed by atoms with Crippen molar-refractivity contribution in [2.45, 2.75) is 19.3 Å². The highest BCUT2D eigenvalue weighted by atomic mass is 16.4. The van der Waals surface area contributed by atoms with Gasteiger partial charge in [-0.15, -0.1) is 0 Å². The highest BCUT2D eigenvalue weighted by molar-refractivity contribution is 5.79. The number of rotatable bonds is 7. The lowest BCUT2D eigenvalue weighted by Gasteiger charge is -2.31. The molecule has 0 saturated carbocycles. The van der Waals surface area contributed by atoms with E-state index in [4.69, 9.17) is 20.1 Å². The van der Waals surface area contributed by atoms with E-state index >= 15 is 0 Å². The van der Waals surface area contributed by atoms with Gasteiger partial charge in [0.25, 0.3) is 6.47 Å². The minimum atomic E-state index is -1.06. The van der Waals surface area contributed by atoms with Crippen LogP contribution in [0.5, 0.6) is 0 Å². The van der Waals surface area contributed by atoms with Gasteiger partial charge in [-0.2, -0.15) is 0 Å². The van der Waals surface area contributed by atoms with E-state index in [1.165, 1.54) is 0 Å². The zero-order chi connectivity index (χ0) is 16.8. The third-order valence-corrected chi connectivity index (χ3v) is 3.20. The fourth-order valence-electron chi connectivity index (χ4n) is 2.23. The van der Waals surface area contributed by atoms with Crippen LogP contribution in [0.2, 0.25) is 0 Å². The zero-order valence-electron chi connectivity index (χ0n) is 12.5. The molecule has 0 aromatic heterocycles. The van der Waals surface area contributed by atoms with Crippen molar-refractivity contribution in [1.82, 2.24) is 15.5 Å². The number of nitrogens with one attached hydrogen (secondary N) is 2. The summed E-state index contributed by atoms with van der Waals surface area (Å²) in [5.41, 5.74) is 0. The van der Waals surface area contributed by atoms with Crippen molar-refractivity contribution in [3.05, 3.63) is 0 Å². The van der Waals surface area contributed by atoms with Crippen molar-refractivity contribution in [3.63, 3.8) is 0 Å². The Morgan fingerprint density at radius 1 is 1.32 bits per heavy atom. The maximum Gasteiger partial charge on any atom is 0.323 e. The number of piperidine rings is 1. The van der Waals surface area contributed by atoms with Gasteiger partial charge in [0, 0.05) is 19.7 Å². The number of nitrogens with zero attached hydrogens (tertiary/aromatic N) is 1. The van der Waals surface area contributed by atoms with E-state index in [0.29, 0.717) is 12.5 Å². The summed E-state index contributed by atoms with van der Waals surface area (Å²) >= 11 is 0. The Balaban J connectivity index is 0.00000135. The Morgan fingerprint density at radius 3 is 2.59 bits per heavy atom. The second kappa shape index (κ2) is 12.8. The fourth-order valence-corrected chi connectivity index (χ4v) is 2.23. The molecule has 0 aliphatic carbocycles. The van der Waals surface area contributed by atoms with Crippen LogP contribution >= 0.6 is 0 Å². The fraction of sp³-hybridized carbons (Fsp3) is 0.769. The highest BCUT2D eigenvalue weighted by Gasteiger charge is 2.18. The monoisotopic (exact) mass is 319 g/mol. The molecule has 1 unspecified atom stereocenters. The van der Waals surface area contributed by atoms with Crippen LogP contribution in [0.25, 0.3) is 0 Å². The molecule has 9 heteroatoms. The summed E-state index contributed by atoms with van der Waals surface area (Å²) in [6.07, 6.45) is 3.01. The molecule has 2 amide bonds. The second-order valence-electron chi connectivity index (χ2n) is 4.95. The summed E-state index contributed by atoms with van der Waals surface area (Å²) in [5.74, 6) is -0.681. The van der Waals surface area contributed by atoms with Gasteiger partial charge in [0.1, 0.15) is 6.54 Å². The number of carbonyl (C=O) groups is 3. The van der Waals surface area contributed by atoms with E-state index < -0.39 is 12.0 Å². The largest absolute Gasteiger partial charge is 0.483 e.